The lowest BCUT2D eigenvalue weighted by Crippen LogP contribution is -2.31. The van der Waals surface area contributed by atoms with Crippen LogP contribution in [-0.4, -0.2) is 37.5 Å². The number of aliphatic hydroxyl groups is 1. The minimum absolute atomic E-state index is 0. The van der Waals surface area contributed by atoms with Gasteiger partial charge in [-0.15, -0.1) is 24.8 Å². The van der Waals surface area contributed by atoms with Crippen LogP contribution >= 0.6 is 36.4 Å². The minimum Gasteiger partial charge on any atom is -0.490 e. The molecule has 2 aromatic rings. The fourth-order valence-electron chi connectivity index (χ4n) is 2.61. The zero-order valence-corrected chi connectivity index (χ0v) is 19.5. The van der Waals surface area contributed by atoms with Gasteiger partial charge >= 0.3 is 0 Å². The number of hydrogen-bond donors (Lipinski definition) is 3. The first-order chi connectivity index (χ1) is 13.5. The molecule has 0 fully saturated rings. The summed E-state index contributed by atoms with van der Waals surface area (Å²) in [6, 6.07) is 10.2. The largest absolute Gasteiger partial charge is 0.490 e. The maximum absolute atomic E-state index is 13.8. The molecule has 170 valence electrons. The number of rotatable bonds is 12. The average molecular weight is 484 g/mol. The highest BCUT2D eigenvalue weighted by atomic mass is 35.5. The molecule has 1 atom stereocenters. The molecule has 30 heavy (non-hydrogen) atoms. The van der Waals surface area contributed by atoms with E-state index in [-0.39, 0.29) is 43.3 Å². The highest BCUT2D eigenvalue weighted by molar-refractivity contribution is 6.32. The van der Waals surface area contributed by atoms with Gasteiger partial charge in [-0.1, -0.05) is 29.8 Å². The Hall–Kier alpha value is -1.28. The van der Waals surface area contributed by atoms with E-state index >= 15 is 0 Å². The van der Waals surface area contributed by atoms with Crippen molar-refractivity contribution < 1.29 is 19.0 Å². The fourth-order valence-corrected chi connectivity index (χ4v) is 2.90. The van der Waals surface area contributed by atoms with Gasteiger partial charge in [0, 0.05) is 31.7 Å². The Bertz CT molecular complexity index is 751. The molecule has 0 aliphatic heterocycles. The van der Waals surface area contributed by atoms with Gasteiger partial charge in [0.15, 0.2) is 11.5 Å². The van der Waals surface area contributed by atoms with Crippen LogP contribution < -0.4 is 20.1 Å². The highest BCUT2D eigenvalue weighted by Gasteiger charge is 2.14. The summed E-state index contributed by atoms with van der Waals surface area (Å²) in [5.74, 6) is 0.631. The summed E-state index contributed by atoms with van der Waals surface area (Å²) in [7, 11) is 0. The molecule has 0 aliphatic carbocycles. The smallest absolute Gasteiger partial charge is 0.180 e. The van der Waals surface area contributed by atoms with E-state index in [4.69, 9.17) is 21.1 Å². The van der Waals surface area contributed by atoms with Gasteiger partial charge in [-0.05, 0) is 37.6 Å². The van der Waals surface area contributed by atoms with Crippen molar-refractivity contribution in [2.45, 2.75) is 33.1 Å². The molecule has 0 amide bonds. The second-order valence-electron chi connectivity index (χ2n) is 6.45. The average Bonchev–Trinajstić information content (AvgIpc) is 2.65. The third-order valence-electron chi connectivity index (χ3n) is 3.95. The molecule has 5 nitrogen and oxygen atoms in total. The van der Waals surface area contributed by atoms with Crippen LogP contribution in [0.1, 0.15) is 25.0 Å². The topological polar surface area (TPSA) is 62.8 Å². The van der Waals surface area contributed by atoms with Gasteiger partial charge in [0.2, 0.25) is 0 Å². The molecule has 3 N–H and O–H groups in total. The van der Waals surface area contributed by atoms with E-state index in [1.54, 1.807) is 25.1 Å². The maximum Gasteiger partial charge on any atom is 0.180 e. The molecule has 2 rings (SSSR count). The van der Waals surface area contributed by atoms with Gasteiger partial charge in [0.25, 0.3) is 0 Å². The highest BCUT2D eigenvalue weighted by Crippen LogP contribution is 2.37. The molecule has 0 aliphatic rings. The zero-order valence-electron chi connectivity index (χ0n) is 17.1. The van der Waals surface area contributed by atoms with E-state index in [9.17, 15) is 9.50 Å². The maximum atomic E-state index is 13.8. The van der Waals surface area contributed by atoms with Crippen molar-refractivity contribution in [1.82, 2.24) is 10.6 Å². The SMILES string of the molecule is CCOc1cc(CNCCNCC(C)O)cc(Cl)c1OCc1ccccc1F.Cl.Cl. The monoisotopic (exact) mass is 482 g/mol. The number of hydrogen-bond acceptors (Lipinski definition) is 5. The number of ether oxygens (including phenoxy) is 2. The van der Waals surface area contributed by atoms with Crippen molar-refractivity contribution in [3.05, 3.63) is 58.4 Å². The van der Waals surface area contributed by atoms with Crippen LogP contribution in [0.4, 0.5) is 4.39 Å². The van der Waals surface area contributed by atoms with Gasteiger partial charge in [-0.2, -0.15) is 0 Å². The quantitative estimate of drug-likeness (QED) is 0.392. The summed E-state index contributed by atoms with van der Waals surface area (Å²) < 4.78 is 25.3. The van der Waals surface area contributed by atoms with E-state index < -0.39 is 0 Å². The molecule has 0 saturated carbocycles. The van der Waals surface area contributed by atoms with Crippen LogP contribution in [-0.2, 0) is 13.2 Å². The lowest BCUT2D eigenvalue weighted by molar-refractivity contribution is 0.191. The molecule has 0 bridgehead atoms. The van der Waals surface area contributed by atoms with E-state index in [2.05, 4.69) is 10.6 Å². The van der Waals surface area contributed by atoms with E-state index in [0.29, 0.717) is 41.8 Å². The molecule has 0 heterocycles. The van der Waals surface area contributed by atoms with E-state index in [1.165, 1.54) is 6.07 Å². The Morgan fingerprint density at radius 1 is 1.10 bits per heavy atom. The molecule has 9 heteroatoms. The van der Waals surface area contributed by atoms with Gasteiger partial charge < -0.3 is 25.2 Å². The summed E-state index contributed by atoms with van der Waals surface area (Å²) in [6.45, 7) is 6.84. The van der Waals surface area contributed by atoms with Crippen LogP contribution in [0.5, 0.6) is 11.5 Å². The Kier molecular flexibility index (Phi) is 14.8. The van der Waals surface area contributed by atoms with E-state index in [0.717, 1.165) is 18.7 Å². The van der Waals surface area contributed by atoms with Crippen LogP contribution in [0.3, 0.4) is 0 Å². The summed E-state index contributed by atoms with van der Waals surface area (Å²) in [5, 5.41) is 16.1. The van der Waals surface area contributed by atoms with Crippen molar-refractivity contribution >= 4 is 36.4 Å². The van der Waals surface area contributed by atoms with Crippen LogP contribution in [0.15, 0.2) is 36.4 Å². The Morgan fingerprint density at radius 2 is 1.80 bits per heavy atom. The van der Waals surface area contributed by atoms with Gasteiger partial charge in [0.05, 0.1) is 17.7 Å². The van der Waals surface area contributed by atoms with Gasteiger partial charge in [-0.25, -0.2) is 4.39 Å². The van der Waals surface area contributed by atoms with Gasteiger partial charge in [0.1, 0.15) is 12.4 Å². The van der Waals surface area contributed by atoms with Crippen molar-refractivity contribution in [1.29, 1.82) is 0 Å². The fraction of sp³-hybridized carbons (Fsp3) is 0.429. The van der Waals surface area contributed by atoms with Crippen molar-refractivity contribution in [3.8, 4) is 11.5 Å². The molecule has 2 aromatic carbocycles. The molecule has 0 spiro atoms. The molecule has 0 saturated heterocycles. The number of aliphatic hydroxyl groups excluding tert-OH is 1. The predicted molar refractivity (Wildman–Crippen MR) is 124 cm³/mol. The summed E-state index contributed by atoms with van der Waals surface area (Å²) in [4.78, 5) is 0. The van der Waals surface area contributed by atoms with Crippen molar-refractivity contribution in [3.63, 3.8) is 0 Å². The molecule has 0 aromatic heterocycles. The van der Waals surface area contributed by atoms with E-state index in [1.807, 2.05) is 19.1 Å². The van der Waals surface area contributed by atoms with Gasteiger partial charge in [-0.3, -0.25) is 0 Å². The Labute approximate surface area is 195 Å². The Morgan fingerprint density at radius 3 is 2.47 bits per heavy atom. The number of nitrogens with one attached hydrogen (secondary N) is 2. The zero-order chi connectivity index (χ0) is 20.4. The lowest BCUT2D eigenvalue weighted by Gasteiger charge is -2.16. The number of benzene rings is 2. The standard InChI is InChI=1S/C21H28ClFN2O3.2ClH/c1-3-27-20-11-16(13-25-9-8-24-12-15(2)26)10-18(22)21(20)28-14-17-6-4-5-7-19(17)23;;/h4-7,10-11,15,24-26H,3,8-9,12-14H2,1-2H3;2*1H. The third-order valence-corrected chi connectivity index (χ3v) is 4.23. The summed E-state index contributed by atoms with van der Waals surface area (Å²) in [5.41, 5.74) is 1.42. The second kappa shape index (κ2) is 15.5. The first-order valence-corrected chi connectivity index (χ1v) is 9.80. The van der Waals surface area contributed by atoms with Crippen LogP contribution in [0, 0.1) is 5.82 Å². The summed E-state index contributed by atoms with van der Waals surface area (Å²) in [6.07, 6.45) is -0.357. The molecule has 0 radical (unpaired) electrons. The third kappa shape index (κ3) is 9.69. The first kappa shape index (κ1) is 28.7. The number of halogens is 4. The lowest BCUT2D eigenvalue weighted by atomic mass is 10.2. The molecular formula is C21H30Cl3FN2O3. The predicted octanol–water partition coefficient (Wildman–Crippen LogP) is 4.36. The Balaban J connectivity index is 0.00000420. The van der Waals surface area contributed by atoms with Crippen molar-refractivity contribution in [2.75, 3.05) is 26.2 Å². The minimum atomic E-state index is -0.357. The van der Waals surface area contributed by atoms with Crippen LogP contribution in [0.2, 0.25) is 5.02 Å². The summed E-state index contributed by atoms with van der Waals surface area (Å²) >= 11 is 6.41. The second-order valence-corrected chi connectivity index (χ2v) is 6.86. The first-order valence-electron chi connectivity index (χ1n) is 9.42. The molecular weight excluding hydrogens is 454 g/mol. The normalized spacial score (nSPS) is 11.2. The van der Waals surface area contributed by atoms with Crippen molar-refractivity contribution in [2.24, 2.45) is 0 Å². The van der Waals surface area contributed by atoms with Crippen LogP contribution in [0.25, 0.3) is 0 Å². The molecule has 1 unspecified atom stereocenters.